The van der Waals surface area contributed by atoms with Crippen LogP contribution in [0.5, 0.6) is 0 Å². The smallest absolute Gasteiger partial charge is 0.0499 e. The van der Waals surface area contributed by atoms with E-state index in [1.807, 2.05) is 0 Å². The Hall–Kier alpha value is -0.200. The SMILES string of the molecule is C1CC2CCOCC2C1.CC1CCC2CCOCC12.CC1COCC2C(C)CCC12.CC1COCC2CCCC12.CCC1CCOCC1CC. The van der Waals surface area contributed by atoms with Gasteiger partial charge in [0.25, 0.3) is 0 Å². The molecular formula is C45H82O5. The van der Waals surface area contributed by atoms with Crippen molar-refractivity contribution in [1.29, 1.82) is 0 Å². The Kier molecular flexibility index (Phi) is 17.7. The summed E-state index contributed by atoms with van der Waals surface area (Å²) in [5.74, 6) is 13.0. The summed E-state index contributed by atoms with van der Waals surface area (Å²) >= 11 is 0. The molecule has 0 radical (unpaired) electrons. The van der Waals surface area contributed by atoms with E-state index in [2.05, 4.69) is 41.5 Å². The van der Waals surface area contributed by atoms with Gasteiger partial charge in [-0.3, -0.25) is 0 Å². The van der Waals surface area contributed by atoms with Crippen LogP contribution in [0.25, 0.3) is 0 Å². The van der Waals surface area contributed by atoms with Crippen molar-refractivity contribution >= 4 is 0 Å². The summed E-state index contributed by atoms with van der Waals surface area (Å²) in [5.41, 5.74) is 0. The quantitative estimate of drug-likeness (QED) is 0.287. The van der Waals surface area contributed by atoms with Gasteiger partial charge in [-0.1, -0.05) is 86.5 Å². The Balaban J connectivity index is 0.000000122. The van der Waals surface area contributed by atoms with Crippen LogP contribution in [0.2, 0.25) is 0 Å². The van der Waals surface area contributed by atoms with Crippen molar-refractivity contribution in [3.05, 3.63) is 0 Å². The van der Waals surface area contributed by atoms with E-state index >= 15 is 0 Å². The van der Waals surface area contributed by atoms with Gasteiger partial charge in [-0.15, -0.1) is 0 Å². The Morgan fingerprint density at radius 3 is 1.60 bits per heavy atom. The van der Waals surface area contributed by atoms with E-state index in [1.54, 1.807) is 0 Å². The third-order valence-electron chi connectivity index (χ3n) is 15.6. The van der Waals surface area contributed by atoms with Gasteiger partial charge in [0.1, 0.15) is 0 Å². The Bertz CT molecular complexity index is 878. The lowest BCUT2D eigenvalue weighted by Crippen LogP contribution is -2.32. The van der Waals surface area contributed by atoms with Crippen molar-refractivity contribution in [1.82, 2.24) is 0 Å². The van der Waals surface area contributed by atoms with Gasteiger partial charge >= 0.3 is 0 Å². The van der Waals surface area contributed by atoms with Crippen LogP contribution in [-0.4, -0.2) is 66.1 Å². The van der Waals surface area contributed by atoms with Crippen molar-refractivity contribution in [2.24, 2.45) is 82.9 Å². The second-order valence-electron chi connectivity index (χ2n) is 18.6. The molecule has 9 aliphatic rings. The first-order valence-corrected chi connectivity index (χ1v) is 22.3. The van der Waals surface area contributed by atoms with Crippen molar-refractivity contribution < 1.29 is 23.7 Å². The van der Waals surface area contributed by atoms with E-state index in [-0.39, 0.29) is 0 Å². The molecule has 14 atom stereocenters. The fourth-order valence-electron chi connectivity index (χ4n) is 11.9. The highest BCUT2D eigenvalue weighted by Crippen LogP contribution is 2.44. The van der Waals surface area contributed by atoms with Gasteiger partial charge in [0.05, 0.1) is 0 Å². The largest absolute Gasteiger partial charge is 0.381 e. The summed E-state index contributed by atoms with van der Waals surface area (Å²) in [5, 5.41) is 0. The van der Waals surface area contributed by atoms with Crippen LogP contribution in [0.3, 0.4) is 0 Å². The van der Waals surface area contributed by atoms with E-state index in [0.717, 1.165) is 149 Å². The van der Waals surface area contributed by atoms with Crippen molar-refractivity contribution in [2.75, 3.05) is 66.1 Å². The van der Waals surface area contributed by atoms with Gasteiger partial charge in [0.2, 0.25) is 0 Å². The minimum atomic E-state index is 0.818. The van der Waals surface area contributed by atoms with Crippen LogP contribution < -0.4 is 0 Å². The van der Waals surface area contributed by atoms with Gasteiger partial charge < -0.3 is 23.7 Å². The Morgan fingerprint density at radius 1 is 0.340 bits per heavy atom. The molecule has 0 aromatic rings. The molecule has 5 aliphatic heterocycles. The van der Waals surface area contributed by atoms with E-state index in [1.165, 1.54) is 96.3 Å². The number of hydrogen-bond donors (Lipinski definition) is 0. The monoisotopic (exact) mass is 703 g/mol. The van der Waals surface area contributed by atoms with Gasteiger partial charge in [0, 0.05) is 66.1 Å². The number of rotatable bonds is 2. The molecule has 9 fully saturated rings. The minimum Gasteiger partial charge on any atom is -0.381 e. The summed E-state index contributed by atoms with van der Waals surface area (Å²) in [4.78, 5) is 0. The third kappa shape index (κ3) is 11.6. The maximum Gasteiger partial charge on any atom is 0.0499 e. The molecule has 0 N–H and O–H groups in total. The molecule has 50 heavy (non-hydrogen) atoms. The summed E-state index contributed by atoms with van der Waals surface area (Å²) < 4.78 is 27.3. The van der Waals surface area contributed by atoms with Crippen LogP contribution in [0.4, 0.5) is 0 Å². The third-order valence-corrected chi connectivity index (χ3v) is 15.6. The lowest BCUT2D eigenvalue weighted by atomic mass is 9.81. The van der Waals surface area contributed by atoms with E-state index in [0.29, 0.717) is 0 Å². The molecule has 5 heterocycles. The fraction of sp³-hybridized carbons (Fsp3) is 1.00. The molecule has 0 spiro atoms. The molecule has 5 heteroatoms. The van der Waals surface area contributed by atoms with Crippen LogP contribution in [0.15, 0.2) is 0 Å². The van der Waals surface area contributed by atoms with E-state index in [4.69, 9.17) is 23.7 Å². The second kappa shape index (κ2) is 21.6. The molecule has 4 saturated carbocycles. The molecule has 0 amide bonds. The van der Waals surface area contributed by atoms with E-state index in [9.17, 15) is 0 Å². The lowest BCUT2D eigenvalue weighted by molar-refractivity contribution is -0.0200. The first kappa shape index (κ1) is 41.0. The summed E-state index contributed by atoms with van der Waals surface area (Å²) in [6.45, 7) is 24.3. The zero-order valence-electron chi connectivity index (χ0n) is 33.8. The van der Waals surface area contributed by atoms with Crippen LogP contribution in [-0.2, 0) is 23.7 Å². The molecule has 0 aromatic carbocycles. The van der Waals surface area contributed by atoms with Crippen molar-refractivity contribution in [3.8, 4) is 0 Å². The minimum absolute atomic E-state index is 0.818. The normalized spacial score (nSPS) is 44.5. The van der Waals surface area contributed by atoms with Gasteiger partial charge in [-0.05, 0) is 134 Å². The average Bonchev–Trinajstić information content (AvgIpc) is 3.98. The molecule has 0 bridgehead atoms. The highest BCUT2D eigenvalue weighted by atomic mass is 16.5. The zero-order chi connectivity index (χ0) is 35.3. The maximum atomic E-state index is 5.57. The molecule has 5 saturated heterocycles. The van der Waals surface area contributed by atoms with Crippen LogP contribution >= 0.6 is 0 Å². The summed E-state index contributed by atoms with van der Waals surface area (Å²) in [7, 11) is 0. The fourth-order valence-corrected chi connectivity index (χ4v) is 11.9. The molecule has 5 nitrogen and oxygen atoms in total. The molecule has 292 valence electrons. The Morgan fingerprint density at radius 2 is 0.900 bits per heavy atom. The summed E-state index contributed by atoms with van der Waals surface area (Å²) in [6, 6.07) is 0. The second-order valence-corrected chi connectivity index (χ2v) is 18.6. The standard InChI is InChI=1S/C10H18O.2C9H16O.C9H18O.C8H14O/c1-7-3-4-9-8(2)5-11-6-10(7)9;1-7-2-3-8-4-5-10-6-9(7)8;1-7-5-10-6-8-3-2-4-9(7)8;1-3-8-5-6-10-7-9(8)4-2;1-2-7-4-5-9-6-8(7)3-1/h7-10H,3-6H2,1-2H3;2*7-9H,2-6H2,1H3;8-9H,3-7H2,1-2H3;7-8H,1-6H2. The van der Waals surface area contributed by atoms with Gasteiger partial charge in [-0.25, -0.2) is 0 Å². The highest BCUT2D eigenvalue weighted by Gasteiger charge is 2.39. The first-order valence-electron chi connectivity index (χ1n) is 22.3. The van der Waals surface area contributed by atoms with Gasteiger partial charge in [0.15, 0.2) is 0 Å². The summed E-state index contributed by atoms with van der Waals surface area (Å²) in [6.07, 6.45) is 21.1. The molecule has 4 aliphatic carbocycles. The molecular weight excluding hydrogens is 620 g/mol. The average molecular weight is 703 g/mol. The zero-order valence-corrected chi connectivity index (χ0v) is 33.8. The molecule has 9 rings (SSSR count). The highest BCUT2D eigenvalue weighted by molar-refractivity contribution is 4.88. The first-order chi connectivity index (χ1) is 24.4. The number of hydrogen-bond acceptors (Lipinski definition) is 5. The van der Waals surface area contributed by atoms with E-state index < -0.39 is 0 Å². The maximum absolute atomic E-state index is 5.57. The van der Waals surface area contributed by atoms with Gasteiger partial charge in [-0.2, -0.15) is 0 Å². The topological polar surface area (TPSA) is 46.2 Å². The number of fused-ring (bicyclic) bond motifs is 4. The molecule has 14 unspecified atom stereocenters. The predicted octanol–water partition coefficient (Wildman–Crippen LogP) is 10.7. The number of ether oxygens (including phenoxy) is 5. The van der Waals surface area contributed by atoms with Crippen molar-refractivity contribution in [3.63, 3.8) is 0 Å². The predicted molar refractivity (Wildman–Crippen MR) is 206 cm³/mol. The Labute approximate surface area is 309 Å². The van der Waals surface area contributed by atoms with Crippen LogP contribution in [0.1, 0.15) is 138 Å². The molecule has 0 aromatic heterocycles. The lowest BCUT2D eigenvalue weighted by Gasteiger charge is -2.33. The van der Waals surface area contributed by atoms with Crippen molar-refractivity contribution in [2.45, 2.75) is 138 Å². The van der Waals surface area contributed by atoms with Crippen LogP contribution in [0, 0.1) is 82.9 Å².